The summed E-state index contributed by atoms with van der Waals surface area (Å²) in [6.45, 7) is 3.74. The topological polar surface area (TPSA) is 226 Å². The van der Waals surface area contributed by atoms with Gasteiger partial charge in [-0.25, -0.2) is 4.57 Å². The van der Waals surface area contributed by atoms with Crippen molar-refractivity contribution in [2.75, 3.05) is 6.61 Å². The Bertz CT molecular complexity index is 1190. The quantitative estimate of drug-likeness (QED) is 0.0158. The summed E-state index contributed by atoms with van der Waals surface area (Å²) < 4.78 is 22.9. The molecule has 378 valence electrons. The minimum absolute atomic E-state index is 0.249. The van der Waals surface area contributed by atoms with Crippen LogP contribution in [0.5, 0.6) is 0 Å². The summed E-state index contributed by atoms with van der Waals surface area (Å²) >= 11 is 0. The molecule has 8 atom stereocenters. The summed E-state index contributed by atoms with van der Waals surface area (Å²) in [5, 5.41) is 74.5. The number of aliphatic hydroxyl groups is 7. The first-order valence-corrected chi connectivity index (χ1v) is 27.4. The second kappa shape index (κ2) is 39.7. The number of unbranched alkanes of at least 4 members (excludes halogenated alkanes) is 28. The Morgan fingerprint density at radius 1 is 0.547 bits per heavy atom. The van der Waals surface area contributed by atoms with E-state index in [1.165, 1.54) is 154 Å². The van der Waals surface area contributed by atoms with E-state index < -0.39 is 75.2 Å². The minimum atomic E-state index is -5.15. The molecule has 13 nitrogen and oxygen atoms in total. The molecule has 0 saturated heterocycles. The Hall–Kier alpha value is -1.22. The van der Waals surface area contributed by atoms with E-state index in [0.29, 0.717) is 12.8 Å². The second-order valence-corrected chi connectivity index (χ2v) is 20.0. The maximum atomic E-state index is 13.0. The van der Waals surface area contributed by atoms with Crippen molar-refractivity contribution in [3.63, 3.8) is 0 Å². The third-order valence-corrected chi connectivity index (χ3v) is 13.5. The molecule has 1 saturated carbocycles. The molecule has 14 heteroatoms. The Balaban J connectivity index is 2.44. The Kier molecular flexibility index (Phi) is 37.8. The summed E-state index contributed by atoms with van der Waals surface area (Å²) in [7, 11) is -5.15. The van der Waals surface area contributed by atoms with Crippen molar-refractivity contribution >= 4 is 13.7 Å². The molecular formula is C50H96NO12P. The fraction of sp³-hybridized carbons (Fsp3) is 0.900. The predicted octanol–water partition coefficient (Wildman–Crippen LogP) is 9.54. The summed E-state index contributed by atoms with van der Waals surface area (Å²) in [6, 6.07) is -1.25. The summed E-state index contributed by atoms with van der Waals surface area (Å²) in [5.74, 6) is -0.600. The number of hydrogen-bond acceptors (Lipinski definition) is 11. The van der Waals surface area contributed by atoms with E-state index in [2.05, 4.69) is 31.3 Å². The average molecular weight is 934 g/mol. The molecule has 64 heavy (non-hydrogen) atoms. The number of amides is 1. The van der Waals surface area contributed by atoms with Crippen LogP contribution in [0.25, 0.3) is 0 Å². The number of nitrogens with one attached hydrogen (secondary N) is 1. The number of phosphoric acid groups is 1. The molecule has 1 amide bonds. The number of carbonyl (C=O) groups is 1. The molecule has 9 N–H and O–H groups in total. The number of hydrogen-bond donors (Lipinski definition) is 9. The zero-order valence-electron chi connectivity index (χ0n) is 40.2. The normalized spacial score (nSPS) is 22.8. The van der Waals surface area contributed by atoms with Gasteiger partial charge in [0, 0.05) is 0 Å². The third-order valence-electron chi connectivity index (χ3n) is 12.5. The van der Waals surface area contributed by atoms with E-state index in [4.69, 9.17) is 9.05 Å². The van der Waals surface area contributed by atoms with Gasteiger partial charge < -0.3 is 46.0 Å². The highest BCUT2D eigenvalue weighted by atomic mass is 31.2. The van der Waals surface area contributed by atoms with Crippen molar-refractivity contribution in [3.8, 4) is 0 Å². The van der Waals surface area contributed by atoms with Crippen LogP contribution in [0.15, 0.2) is 24.3 Å². The van der Waals surface area contributed by atoms with E-state index in [-0.39, 0.29) is 6.42 Å². The molecule has 0 aromatic rings. The number of rotatable bonds is 43. The van der Waals surface area contributed by atoms with Crippen molar-refractivity contribution in [1.29, 1.82) is 0 Å². The molecule has 8 unspecified atom stereocenters. The number of phosphoric ester groups is 1. The second-order valence-electron chi connectivity index (χ2n) is 18.6. The van der Waals surface area contributed by atoms with E-state index in [9.17, 15) is 50.0 Å². The van der Waals surface area contributed by atoms with Gasteiger partial charge in [0.2, 0.25) is 5.91 Å². The molecule has 0 aromatic carbocycles. The number of aliphatic hydroxyl groups excluding tert-OH is 7. The smallest absolute Gasteiger partial charge is 0.393 e. The van der Waals surface area contributed by atoms with Crippen LogP contribution >= 0.6 is 7.82 Å². The zero-order chi connectivity index (χ0) is 47.3. The average Bonchev–Trinajstić information content (AvgIpc) is 3.27. The Labute approximate surface area is 388 Å². The maximum Gasteiger partial charge on any atom is 0.472 e. The third kappa shape index (κ3) is 30.9. The molecule has 0 heterocycles. The van der Waals surface area contributed by atoms with Crippen LogP contribution in [-0.2, 0) is 18.4 Å². The van der Waals surface area contributed by atoms with Gasteiger partial charge in [-0.2, -0.15) is 0 Å². The van der Waals surface area contributed by atoms with E-state index in [0.717, 1.165) is 44.9 Å². The van der Waals surface area contributed by atoms with Crippen molar-refractivity contribution < 1.29 is 59.0 Å². The molecule has 0 bridgehead atoms. The van der Waals surface area contributed by atoms with Gasteiger partial charge in [0.25, 0.3) is 0 Å². The molecular weight excluding hydrogens is 838 g/mol. The van der Waals surface area contributed by atoms with Gasteiger partial charge in [0.1, 0.15) is 36.6 Å². The lowest BCUT2D eigenvalue weighted by molar-refractivity contribution is -0.220. The van der Waals surface area contributed by atoms with E-state index in [1.54, 1.807) is 6.08 Å². The highest BCUT2D eigenvalue weighted by molar-refractivity contribution is 7.47. The predicted molar refractivity (Wildman–Crippen MR) is 257 cm³/mol. The molecule has 1 fully saturated rings. The fourth-order valence-corrected chi connectivity index (χ4v) is 9.28. The lowest BCUT2D eigenvalue weighted by atomic mass is 9.85. The van der Waals surface area contributed by atoms with Crippen LogP contribution in [0.4, 0.5) is 0 Å². The van der Waals surface area contributed by atoms with Gasteiger partial charge in [-0.05, 0) is 32.1 Å². The van der Waals surface area contributed by atoms with Crippen molar-refractivity contribution in [2.45, 2.75) is 281 Å². The van der Waals surface area contributed by atoms with Crippen LogP contribution in [-0.4, -0.2) is 108 Å². The van der Waals surface area contributed by atoms with Crippen molar-refractivity contribution in [2.24, 2.45) is 0 Å². The lowest BCUT2D eigenvalue weighted by Crippen LogP contribution is -2.64. The molecule has 0 aliphatic heterocycles. The number of carbonyl (C=O) groups excluding carboxylic acids is 1. The van der Waals surface area contributed by atoms with Crippen LogP contribution in [0, 0.1) is 0 Å². The molecule has 1 rings (SSSR count). The molecule has 0 aromatic heterocycles. The van der Waals surface area contributed by atoms with Gasteiger partial charge in [0.15, 0.2) is 0 Å². The first kappa shape index (κ1) is 60.8. The van der Waals surface area contributed by atoms with Crippen LogP contribution < -0.4 is 5.32 Å². The van der Waals surface area contributed by atoms with Crippen molar-refractivity contribution in [1.82, 2.24) is 5.32 Å². The monoisotopic (exact) mass is 934 g/mol. The minimum Gasteiger partial charge on any atom is -0.393 e. The summed E-state index contributed by atoms with van der Waals surface area (Å²) in [6.07, 6.45) is 31.3. The molecule has 0 spiro atoms. The first-order valence-electron chi connectivity index (χ1n) is 25.9. The highest BCUT2D eigenvalue weighted by Crippen LogP contribution is 2.47. The Morgan fingerprint density at radius 3 is 1.38 bits per heavy atom. The molecule has 1 aliphatic carbocycles. The van der Waals surface area contributed by atoms with Crippen LogP contribution in [0.3, 0.4) is 0 Å². The zero-order valence-corrected chi connectivity index (χ0v) is 41.1. The lowest BCUT2D eigenvalue weighted by Gasteiger charge is -2.41. The van der Waals surface area contributed by atoms with E-state index >= 15 is 0 Å². The molecule has 1 aliphatic rings. The van der Waals surface area contributed by atoms with Gasteiger partial charge in [-0.1, -0.05) is 212 Å². The standard InChI is InChI=1S/C50H96NO12P/c1-3-5-7-9-11-13-15-17-18-19-20-21-22-23-24-26-27-29-31-33-35-37-41(52)39-44(54)51-42(43(53)38-36-34-32-30-28-25-16-14-12-10-8-6-4-2)40-62-64(60,61)63-50-48(58)46(56)45(55)47(57)49(50)59/h28,30,36,38,41-43,45-50,52-53,55-59H,3-27,29,31-35,37,39-40H2,1-2H3,(H,51,54)(H,60,61)/b30-28+,38-36+. The van der Waals surface area contributed by atoms with Crippen LogP contribution in [0.1, 0.15) is 226 Å². The highest BCUT2D eigenvalue weighted by Gasteiger charge is 2.51. The van der Waals surface area contributed by atoms with Gasteiger partial charge in [-0.15, -0.1) is 0 Å². The van der Waals surface area contributed by atoms with Crippen molar-refractivity contribution in [3.05, 3.63) is 24.3 Å². The fourth-order valence-electron chi connectivity index (χ4n) is 8.32. The molecule has 0 radical (unpaired) electrons. The largest absolute Gasteiger partial charge is 0.472 e. The SMILES string of the molecule is CCCCCCCCC/C=C/CC/C=C/C(O)C(COP(=O)(O)OC1C(O)C(O)C(O)C(O)C1O)NC(=O)CC(O)CCCCCCCCCCCCCCCCCCCCCCC. The first-order chi connectivity index (χ1) is 30.8. The van der Waals surface area contributed by atoms with Gasteiger partial charge >= 0.3 is 7.82 Å². The van der Waals surface area contributed by atoms with Gasteiger partial charge in [0.05, 0.1) is 31.3 Å². The maximum absolute atomic E-state index is 13.0. The summed E-state index contributed by atoms with van der Waals surface area (Å²) in [5.41, 5.74) is 0. The Morgan fingerprint density at radius 2 is 0.922 bits per heavy atom. The van der Waals surface area contributed by atoms with E-state index in [1.807, 2.05) is 0 Å². The van der Waals surface area contributed by atoms with Crippen LogP contribution in [0.2, 0.25) is 0 Å². The van der Waals surface area contributed by atoms with Gasteiger partial charge in [-0.3, -0.25) is 13.8 Å². The number of allylic oxidation sites excluding steroid dienone is 3. The summed E-state index contributed by atoms with van der Waals surface area (Å²) in [4.78, 5) is 23.5.